The Labute approximate surface area is 106 Å². The summed E-state index contributed by atoms with van der Waals surface area (Å²) in [4.78, 5) is 32.2. The Morgan fingerprint density at radius 3 is 2.22 bits per heavy atom. The molecule has 18 heavy (non-hydrogen) atoms. The Morgan fingerprint density at radius 2 is 1.67 bits per heavy atom. The Kier molecular flexibility index (Phi) is 8.26. The van der Waals surface area contributed by atoms with E-state index in [1.165, 1.54) is 0 Å². The molecule has 0 spiro atoms. The number of carbonyl (C=O) groups is 3. The van der Waals surface area contributed by atoms with Gasteiger partial charge in [0.05, 0.1) is 13.2 Å². The Bertz CT molecular complexity index is 321. The topological polar surface area (TPSA) is 89.9 Å². The molecule has 0 amide bonds. The van der Waals surface area contributed by atoms with Crippen molar-refractivity contribution in [3.05, 3.63) is 12.2 Å². The Hall–Kier alpha value is -1.85. The Balaban J connectivity index is 3.43. The lowest BCUT2D eigenvalue weighted by atomic mass is 10.2. The van der Waals surface area contributed by atoms with E-state index in [0.29, 0.717) is 12.0 Å². The van der Waals surface area contributed by atoms with E-state index < -0.39 is 17.9 Å². The van der Waals surface area contributed by atoms with Crippen LogP contribution in [0.2, 0.25) is 0 Å². The summed E-state index contributed by atoms with van der Waals surface area (Å²) in [5.74, 6) is -1.85. The maximum atomic E-state index is 11.1. The van der Waals surface area contributed by atoms with Crippen LogP contribution in [0.4, 0.5) is 0 Å². The average Bonchev–Trinajstić information content (AvgIpc) is 2.27. The van der Waals surface area contributed by atoms with Crippen molar-refractivity contribution in [3.63, 3.8) is 0 Å². The van der Waals surface area contributed by atoms with E-state index in [2.05, 4.69) is 6.58 Å². The lowest BCUT2D eigenvalue weighted by molar-refractivity contribution is -0.145. The third-order valence-electron chi connectivity index (χ3n) is 1.90. The van der Waals surface area contributed by atoms with Crippen LogP contribution in [0, 0.1) is 0 Å². The summed E-state index contributed by atoms with van der Waals surface area (Å²) < 4.78 is 9.61. The minimum atomic E-state index is -0.936. The molecule has 0 saturated carbocycles. The molecule has 0 aromatic carbocycles. The maximum Gasteiger partial charge on any atom is 0.333 e. The van der Waals surface area contributed by atoms with Gasteiger partial charge in [0.2, 0.25) is 0 Å². The van der Waals surface area contributed by atoms with E-state index in [4.69, 9.17) is 14.6 Å². The second-order valence-corrected chi connectivity index (χ2v) is 3.74. The fourth-order valence-electron chi connectivity index (χ4n) is 0.989. The van der Waals surface area contributed by atoms with Crippen molar-refractivity contribution in [3.8, 4) is 0 Å². The van der Waals surface area contributed by atoms with Crippen molar-refractivity contribution in [2.75, 3.05) is 13.2 Å². The fourth-order valence-corrected chi connectivity index (χ4v) is 0.989. The molecule has 0 aliphatic rings. The molecule has 0 aromatic heterocycles. The molecular weight excluding hydrogens is 240 g/mol. The van der Waals surface area contributed by atoms with Crippen molar-refractivity contribution in [1.29, 1.82) is 0 Å². The molecule has 6 heteroatoms. The SMILES string of the molecule is C=C(C)C(=O)OCCCOC(=O)CCCC(=O)O. The second kappa shape index (κ2) is 9.21. The molecule has 0 unspecified atom stereocenters. The van der Waals surface area contributed by atoms with Crippen molar-refractivity contribution in [2.45, 2.75) is 32.6 Å². The van der Waals surface area contributed by atoms with Gasteiger partial charge in [-0.15, -0.1) is 0 Å². The molecule has 6 nitrogen and oxygen atoms in total. The zero-order valence-electron chi connectivity index (χ0n) is 10.4. The number of esters is 2. The van der Waals surface area contributed by atoms with Crippen LogP contribution in [0.15, 0.2) is 12.2 Å². The smallest absolute Gasteiger partial charge is 0.333 e. The van der Waals surface area contributed by atoms with Gasteiger partial charge < -0.3 is 14.6 Å². The number of rotatable bonds is 9. The molecule has 1 N–H and O–H groups in total. The predicted molar refractivity (Wildman–Crippen MR) is 62.8 cm³/mol. The molecule has 0 aliphatic carbocycles. The normalized spacial score (nSPS) is 9.61. The fraction of sp³-hybridized carbons (Fsp3) is 0.583. The third-order valence-corrected chi connectivity index (χ3v) is 1.90. The first-order chi connectivity index (χ1) is 8.43. The highest BCUT2D eigenvalue weighted by atomic mass is 16.5. The lowest BCUT2D eigenvalue weighted by Gasteiger charge is -2.05. The largest absolute Gasteiger partial charge is 0.481 e. The van der Waals surface area contributed by atoms with Crippen LogP contribution in [0.25, 0.3) is 0 Å². The van der Waals surface area contributed by atoms with Gasteiger partial charge in [-0.05, 0) is 13.3 Å². The molecule has 0 saturated heterocycles. The maximum absolute atomic E-state index is 11.1. The Morgan fingerprint density at radius 1 is 1.06 bits per heavy atom. The average molecular weight is 258 g/mol. The van der Waals surface area contributed by atoms with Gasteiger partial charge in [0.1, 0.15) is 0 Å². The van der Waals surface area contributed by atoms with Gasteiger partial charge in [0.25, 0.3) is 0 Å². The van der Waals surface area contributed by atoms with Crippen molar-refractivity contribution < 1.29 is 29.0 Å². The molecule has 0 fully saturated rings. The van der Waals surface area contributed by atoms with Crippen LogP contribution in [0.1, 0.15) is 32.6 Å². The third kappa shape index (κ3) is 9.38. The quantitative estimate of drug-likeness (QED) is 0.381. The number of hydrogen-bond acceptors (Lipinski definition) is 5. The van der Waals surface area contributed by atoms with Gasteiger partial charge in [-0.3, -0.25) is 9.59 Å². The van der Waals surface area contributed by atoms with Gasteiger partial charge in [0, 0.05) is 24.8 Å². The summed E-state index contributed by atoms with van der Waals surface area (Å²) in [6, 6.07) is 0. The van der Waals surface area contributed by atoms with E-state index in [0.717, 1.165) is 0 Å². The van der Waals surface area contributed by atoms with Crippen LogP contribution in [-0.4, -0.2) is 36.2 Å². The summed E-state index contributed by atoms with van der Waals surface area (Å²) >= 11 is 0. The number of aliphatic carboxylic acids is 1. The highest BCUT2D eigenvalue weighted by Crippen LogP contribution is 1.99. The number of carboxylic acid groups (broad SMARTS) is 1. The first-order valence-electron chi connectivity index (χ1n) is 5.63. The minimum Gasteiger partial charge on any atom is -0.481 e. The lowest BCUT2D eigenvalue weighted by Crippen LogP contribution is -2.11. The van der Waals surface area contributed by atoms with E-state index >= 15 is 0 Å². The number of ether oxygens (including phenoxy) is 2. The van der Waals surface area contributed by atoms with Gasteiger partial charge >= 0.3 is 17.9 Å². The first kappa shape index (κ1) is 16.1. The number of carboxylic acids is 1. The summed E-state index contributed by atoms with van der Waals surface area (Å²) in [5.41, 5.74) is 0.320. The summed E-state index contributed by atoms with van der Waals surface area (Å²) in [5, 5.41) is 8.36. The summed E-state index contributed by atoms with van der Waals surface area (Å²) in [6.45, 7) is 5.28. The molecule has 0 atom stereocenters. The van der Waals surface area contributed by atoms with Crippen LogP contribution < -0.4 is 0 Å². The summed E-state index contributed by atoms with van der Waals surface area (Å²) in [7, 11) is 0. The zero-order valence-corrected chi connectivity index (χ0v) is 10.4. The molecule has 0 aliphatic heterocycles. The standard InChI is InChI=1S/C12H18O6/c1-9(2)12(16)18-8-4-7-17-11(15)6-3-5-10(13)14/h1,3-8H2,2H3,(H,13,14). The molecule has 0 rings (SSSR count). The summed E-state index contributed by atoms with van der Waals surface area (Å²) in [6.07, 6.45) is 0.700. The van der Waals surface area contributed by atoms with Crippen LogP contribution in [0.3, 0.4) is 0 Å². The van der Waals surface area contributed by atoms with E-state index in [-0.39, 0.29) is 32.5 Å². The number of carbonyl (C=O) groups excluding carboxylic acids is 2. The molecule has 0 bridgehead atoms. The van der Waals surface area contributed by atoms with Crippen LogP contribution in [-0.2, 0) is 23.9 Å². The first-order valence-corrected chi connectivity index (χ1v) is 5.63. The molecular formula is C12H18O6. The second-order valence-electron chi connectivity index (χ2n) is 3.74. The van der Waals surface area contributed by atoms with Crippen LogP contribution >= 0.6 is 0 Å². The monoisotopic (exact) mass is 258 g/mol. The van der Waals surface area contributed by atoms with E-state index in [9.17, 15) is 14.4 Å². The molecule has 0 radical (unpaired) electrons. The van der Waals surface area contributed by atoms with Crippen molar-refractivity contribution >= 4 is 17.9 Å². The van der Waals surface area contributed by atoms with E-state index in [1.807, 2.05) is 0 Å². The van der Waals surface area contributed by atoms with E-state index in [1.54, 1.807) is 6.92 Å². The van der Waals surface area contributed by atoms with Crippen molar-refractivity contribution in [2.24, 2.45) is 0 Å². The van der Waals surface area contributed by atoms with Gasteiger partial charge in [0.15, 0.2) is 0 Å². The molecule has 0 aromatic rings. The highest BCUT2D eigenvalue weighted by Gasteiger charge is 2.06. The minimum absolute atomic E-state index is 0.0503. The number of hydrogen-bond donors (Lipinski definition) is 1. The van der Waals surface area contributed by atoms with Crippen LogP contribution in [0.5, 0.6) is 0 Å². The van der Waals surface area contributed by atoms with Gasteiger partial charge in [-0.1, -0.05) is 6.58 Å². The zero-order chi connectivity index (χ0) is 14.0. The predicted octanol–water partition coefficient (Wildman–Crippen LogP) is 1.29. The van der Waals surface area contributed by atoms with Gasteiger partial charge in [-0.25, -0.2) is 4.79 Å². The van der Waals surface area contributed by atoms with Gasteiger partial charge in [-0.2, -0.15) is 0 Å². The molecule has 0 heterocycles. The highest BCUT2D eigenvalue weighted by molar-refractivity contribution is 5.86. The molecule has 102 valence electrons. The van der Waals surface area contributed by atoms with Crippen molar-refractivity contribution in [1.82, 2.24) is 0 Å².